The van der Waals surface area contributed by atoms with Crippen LogP contribution in [0.5, 0.6) is 0 Å². The van der Waals surface area contributed by atoms with Crippen LogP contribution in [-0.4, -0.2) is 40.4 Å². The summed E-state index contributed by atoms with van der Waals surface area (Å²) in [6.45, 7) is 0.818. The summed E-state index contributed by atoms with van der Waals surface area (Å²) < 4.78 is 37.3. The Morgan fingerprint density at radius 3 is 2.83 bits per heavy atom. The molecule has 0 spiro atoms. The van der Waals surface area contributed by atoms with Crippen LogP contribution in [0.25, 0.3) is 0 Å². The van der Waals surface area contributed by atoms with Crippen molar-refractivity contribution in [3.63, 3.8) is 0 Å². The Labute approximate surface area is 139 Å². The number of halogens is 3. The third-order valence-corrected chi connectivity index (χ3v) is 4.27. The Morgan fingerprint density at radius 1 is 1.38 bits per heavy atom. The molecule has 128 valence electrons. The molecule has 10 heteroatoms. The van der Waals surface area contributed by atoms with Crippen LogP contribution in [0.4, 0.5) is 24.8 Å². The molecule has 3 heterocycles. The Kier molecular flexibility index (Phi) is 4.65. The Balaban J connectivity index is 1.58. The van der Waals surface area contributed by atoms with Gasteiger partial charge in [0.1, 0.15) is 5.69 Å². The lowest BCUT2D eigenvalue weighted by Crippen LogP contribution is -2.23. The molecule has 2 aromatic heterocycles. The molecule has 1 atom stereocenters. The van der Waals surface area contributed by atoms with Crippen molar-refractivity contribution in [2.75, 3.05) is 23.3 Å². The normalized spacial score (nSPS) is 18.0. The van der Waals surface area contributed by atoms with Crippen molar-refractivity contribution < 1.29 is 18.0 Å². The second-order valence-electron chi connectivity index (χ2n) is 5.52. The number of aromatic nitrogens is 3. The summed E-state index contributed by atoms with van der Waals surface area (Å²) in [5.41, 5.74) is 1.84. The highest BCUT2D eigenvalue weighted by Gasteiger charge is 2.35. The zero-order valence-electron chi connectivity index (χ0n) is 12.5. The van der Waals surface area contributed by atoms with Gasteiger partial charge in [0.2, 0.25) is 0 Å². The van der Waals surface area contributed by atoms with Crippen LogP contribution in [-0.2, 0) is 0 Å². The first-order valence-electron chi connectivity index (χ1n) is 7.26. The van der Waals surface area contributed by atoms with Crippen LogP contribution >= 0.6 is 11.3 Å². The number of thiazole rings is 1. The van der Waals surface area contributed by atoms with Crippen molar-refractivity contribution >= 4 is 28.9 Å². The number of rotatable bonds is 4. The van der Waals surface area contributed by atoms with Gasteiger partial charge in [0.25, 0.3) is 5.91 Å². The number of alkyl halides is 3. The summed E-state index contributed by atoms with van der Waals surface area (Å²) in [5, 5.41) is 12.1. The van der Waals surface area contributed by atoms with Gasteiger partial charge < -0.3 is 10.2 Å². The van der Waals surface area contributed by atoms with Gasteiger partial charge in [-0.1, -0.05) is 0 Å². The minimum Gasteiger partial charge on any atom is -0.355 e. The minimum absolute atomic E-state index is 0.266. The maximum atomic E-state index is 12.4. The number of anilines is 2. The topological polar surface area (TPSA) is 71.0 Å². The largest absolute Gasteiger partial charge is 0.389 e. The number of nitrogens with zero attached hydrogens (tertiary/aromatic N) is 4. The van der Waals surface area contributed by atoms with E-state index in [2.05, 4.69) is 20.5 Å². The number of amides is 1. The first kappa shape index (κ1) is 16.6. The van der Waals surface area contributed by atoms with Crippen LogP contribution < -0.4 is 10.2 Å². The van der Waals surface area contributed by atoms with E-state index in [4.69, 9.17) is 0 Å². The number of hydrogen-bond donors (Lipinski definition) is 1. The zero-order chi connectivity index (χ0) is 17.2. The van der Waals surface area contributed by atoms with Gasteiger partial charge in [0, 0.05) is 24.9 Å². The zero-order valence-corrected chi connectivity index (χ0v) is 13.3. The van der Waals surface area contributed by atoms with Gasteiger partial charge in [-0.2, -0.15) is 13.2 Å². The van der Waals surface area contributed by atoms with Gasteiger partial charge in [-0.05, 0) is 24.5 Å². The number of carbonyl (C=O) groups is 1. The molecule has 0 radical (unpaired) electrons. The molecule has 0 unspecified atom stereocenters. The fraction of sp³-hybridized carbons (Fsp3) is 0.429. The minimum atomic E-state index is -4.14. The molecule has 0 aromatic carbocycles. The number of hydrogen-bond acceptors (Lipinski definition) is 6. The lowest BCUT2D eigenvalue weighted by atomic mass is 10.1. The molecule has 24 heavy (non-hydrogen) atoms. The molecular formula is C14H14F3N5OS. The maximum absolute atomic E-state index is 12.4. The first-order chi connectivity index (χ1) is 11.4. The summed E-state index contributed by atoms with van der Waals surface area (Å²) in [6.07, 6.45) is -4.45. The molecule has 6 nitrogen and oxygen atoms in total. The molecule has 1 aliphatic heterocycles. The van der Waals surface area contributed by atoms with E-state index in [1.165, 1.54) is 11.3 Å². The highest BCUT2D eigenvalue weighted by Crippen LogP contribution is 2.31. The fourth-order valence-electron chi connectivity index (χ4n) is 2.60. The van der Waals surface area contributed by atoms with E-state index >= 15 is 0 Å². The third-order valence-electron chi connectivity index (χ3n) is 3.69. The summed E-state index contributed by atoms with van der Waals surface area (Å²) in [7, 11) is 0. The summed E-state index contributed by atoms with van der Waals surface area (Å²) >= 11 is 1.31. The molecule has 1 fully saturated rings. The Morgan fingerprint density at radius 2 is 2.21 bits per heavy atom. The van der Waals surface area contributed by atoms with Crippen LogP contribution in [0.1, 0.15) is 23.3 Å². The van der Waals surface area contributed by atoms with Crippen LogP contribution in [0.3, 0.4) is 0 Å². The Hall–Kier alpha value is -2.23. The molecule has 1 saturated heterocycles. The quantitative estimate of drug-likeness (QED) is 0.911. The fourth-order valence-corrected chi connectivity index (χ4v) is 3.13. The SMILES string of the molecule is O=C(Nc1ccc(N2CC[C@@H](CC(F)(F)F)C2)nn1)c1cscn1. The summed E-state index contributed by atoms with van der Waals surface area (Å²) in [5.74, 6) is -0.0327. The molecule has 0 aliphatic carbocycles. The van der Waals surface area contributed by atoms with Gasteiger partial charge in [-0.25, -0.2) is 4.98 Å². The second-order valence-corrected chi connectivity index (χ2v) is 6.24. The van der Waals surface area contributed by atoms with Crippen molar-refractivity contribution in [2.24, 2.45) is 5.92 Å². The van der Waals surface area contributed by atoms with E-state index in [0.29, 0.717) is 31.0 Å². The van der Waals surface area contributed by atoms with E-state index < -0.39 is 18.5 Å². The molecule has 1 aliphatic rings. The molecule has 1 N–H and O–H groups in total. The van der Waals surface area contributed by atoms with Crippen molar-refractivity contribution in [2.45, 2.75) is 19.0 Å². The molecule has 0 bridgehead atoms. The average molecular weight is 357 g/mol. The molecular weight excluding hydrogens is 343 g/mol. The highest BCUT2D eigenvalue weighted by atomic mass is 32.1. The second kappa shape index (κ2) is 6.71. The van der Waals surface area contributed by atoms with Crippen LogP contribution in [0.2, 0.25) is 0 Å². The van der Waals surface area contributed by atoms with Crippen LogP contribution in [0.15, 0.2) is 23.0 Å². The van der Waals surface area contributed by atoms with Crippen molar-refractivity contribution in [3.05, 3.63) is 28.7 Å². The van der Waals surface area contributed by atoms with Gasteiger partial charge >= 0.3 is 6.18 Å². The standard InChI is InChI=1S/C14H14F3N5OS/c15-14(16,17)5-9-3-4-22(6-9)12-2-1-11(20-21-12)19-13(23)10-7-24-8-18-10/h1-2,7-9H,3-6H2,(H,19,20,23)/t9-/m0/s1. The molecule has 3 rings (SSSR count). The van der Waals surface area contributed by atoms with E-state index in [9.17, 15) is 18.0 Å². The van der Waals surface area contributed by atoms with E-state index in [1.807, 2.05) is 0 Å². The smallest absolute Gasteiger partial charge is 0.355 e. The number of nitrogens with one attached hydrogen (secondary N) is 1. The third kappa shape index (κ3) is 4.19. The lowest BCUT2D eigenvalue weighted by Gasteiger charge is -2.17. The van der Waals surface area contributed by atoms with Crippen LogP contribution in [0, 0.1) is 5.92 Å². The van der Waals surface area contributed by atoms with E-state index in [1.54, 1.807) is 27.9 Å². The van der Waals surface area contributed by atoms with Gasteiger partial charge in [-0.3, -0.25) is 4.79 Å². The van der Waals surface area contributed by atoms with Gasteiger partial charge in [-0.15, -0.1) is 21.5 Å². The van der Waals surface area contributed by atoms with E-state index in [0.717, 1.165) is 0 Å². The molecule has 1 amide bonds. The summed E-state index contributed by atoms with van der Waals surface area (Å²) in [6, 6.07) is 3.21. The highest BCUT2D eigenvalue weighted by molar-refractivity contribution is 7.07. The number of carbonyl (C=O) groups excluding carboxylic acids is 1. The van der Waals surface area contributed by atoms with E-state index in [-0.39, 0.29) is 11.7 Å². The molecule has 2 aromatic rings. The van der Waals surface area contributed by atoms with Crippen molar-refractivity contribution in [3.8, 4) is 0 Å². The van der Waals surface area contributed by atoms with Crippen molar-refractivity contribution in [1.82, 2.24) is 15.2 Å². The Bertz CT molecular complexity index is 689. The summed E-state index contributed by atoms with van der Waals surface area (Å²) in [4.78, 5) is 17.5. The maximum Gasteiger partial charge on any atom is 0.389 e. The van der Waals surface area contributed by atoms with Gasteiger partial charge in [0.05, 0.1) is 5.51 Å². The lowest BCUT2D eigenvalue weighted by molar-refractivity contribution is -0.142. The average Bonchev–Trinajstić information content (AvgIpc) is 3.17. The monoisotopic (exact) mass is 357 g/mol. The predicted octanol–water partition coefficient (Wildman–Crippen LogP) is 2.96. The molecule has 0 saturated carbocycles. The predicted molar refractivity (Wildman–Crippen MR) is 83.1 cm³/mol. The van der Waals surface area contributed by atoms with Crippen molar-refractivity contribution in [1.29, 1.82) is 0 Å². The van der Waals surface area contributed by atoms with Gasteiger partial charge in [0.15, 0.2) is 11.6 Å². The first-order valence-corrected chi connectivity index (χ1v) is 8.20.